The van der Waals surface area contributed by atoms with Crippen molar-refractivity contribution >= 4 is 22.8 Å². The van der Waals surface area contributed by atoms with Gasteiger partial charge in [0.1, 0.15) is 17.2 Å². The summed E-state index contributed by atoms with van der Waals surface area (Å²) in [7, 11) is 0. The minimum atomic E-state index is -0.503. The highest BCUT2D eigenvalue weighted by molar-refractivity contribution is 6.07. The first-order valence-electron chi connectivity index (χ1n) is 13.8. The Morgan fingerprint density at radius 1 is 0.775 bits per heavy atom. The number of fused-ring (bicyclic) bond motifs is 1. The lowest BCUT2D eigenvalue weighted by Gasteiger charge is -2.14. The van der Waals surface area contributed by atoms with Crippen molar-refractivity contribution in [1.29, 1.82) is 0 Å². The van der Waals surface area contributed by atoms with Gasteiger partial charge in [0.05, 0.1) is 36.8 Å². The standard InChI is InChI=1S/C33H37NO6/c1-7-37-31(35)20-30-32(33(36)38-8-2)28-19-27(40-26-15-13-25(14-16-26)39-22(5)6)17-18-29(28)34(30)24-11-9-23(10-12-24)21(3)4/h9-19,21-22H,7-8,20H2,1-6H3. The Hall–Kier alpha value is -4.26. The minimum absolute atomic E-state index is 0.0740. The number of rotatable bonds is 11. The summed E-state index contributed by atoms with van der Waals surface area (Å²) in [4.78, 5) is 26.1. The lowest BCUT2D eigenvalue weighted by atomic mass is 10.0. The van der Waals surface area contributed by atoms with Crippen LogP contribution in [0.1, 0.15) is 69.1 Å². The summed E-state index contributed by atoms with van der Waals surface area (Å²) in [6, 6.07) is 21.1. The summed E-state index contributed by atoms with van der Waals surface area (Å²) in [6.07, 6.45) is -0.0132. The van der Waals surface area contributed by atoms with Gasteiger partial charge in [-0.1, -0.05) is 26.0 Å². The van der Waals surface area contributed by atoms with Gasteiger partial charge in [0, 0.05) is 16.8 Å². The third-order valence-electron chi connectivity index (χ3n) is 6.38. The fourth-order valence-corrected chi connectivity index (χ4v) is 4.63. The van der Waals surface area contributed by atoms with E-state index < -0.39 is 11.9 Å². The number of ether oxygens (including phenoxy) is 4. The van der Waals surface area contributed by atoms with Gasteiger partial charge in [-0.3, -0.25) is 4.79 Å². The highest BCUT2D eigenvalue weighted by Crippen LogP contribution is 2.35. The molecule has 0 fully saturated rings. The van der Waals surface area contributed by atoms with Crippen LogP contribution in [0, 0.1) is 0 Å². The molecular formula is C33H37NO6. The van der Waals surface area contributed by atoms with Crippen LogP contribution >= 0.6 is 0 Å². The number of benzene rings is 3. The topological polar surface area (TPSA) is 76.0 Å². The number of esters is 2. The molecule has 210 valence electrons. The maximum Gasteiger partial charge on any atom is 0.340 e. The largest absolute Gasteiger partial charge is 0.491 e. The van der Waals surface area contributed by atoms with Crippen molar-refractivity contribution in [3.63, 3.8) is 0 Å². The summed E-state index contributed by atoms with van der Waals surface area (Å²) < 4.78 is 24.5. The van der Waals surface area contributed by atoms with E-state index in [4.69, 9.17) is 18.9 Å². The number of hydrogen-bond donors (Lipinski definition) is 0. The Bertz CT molecular complexity index is 1470. The van der Waals surface area contributed by atoms with Gasteiger partial charge >= 0.3 is 11.9 Å². The molecule has 40 heavy (non-hydrogen) atoms. The number of nitrogens with zero attached hydrogens (tertiary/aromatic N) is 1. The summed E-state index contributed by atoms with van der Waals surface area (Å²) in [5, 5.41) is 0.628. The van der Waals surface area contributed by atoms with Crippen molar-refractivity contribution in [2.24, 2.45) is 0 Å². The number of carbonyl (C=O) groups is 2. The summed E-state index contributed by atoms with van der Waals surface area (Å²) in [5.41, 5.74) is 3.62. The fourth-order valence-electron chi connectivity index (χ4n) is 4.63. The molecule has 1 aromatic heterocycles. The van der Waals surface area contributed by atoms with E-state index in [0.29, 0.717) is 34.1 Å². The highest BCUT2D eigenvalue weighted by atomic mass is 16.5. The molecule has 4 rings (SSSR count). The Morgan fingerprint density at radius 2 is 1.40 bits per heavy atom. The smallest absolute Gasteiger partial charge is 0.340 e. The van der Waals surface area contributed by atoms with Gasteiger partial charge in [0.15, 0.2) is 0 Å². The maximum atomic E-state index is 13.4. The second-order valence-electron chi connectivity index (χ2n) is 10.0. The third-order valence-corrected chi connectivity index (χ3v) is 6.38. The molecule has 3 aromatic carbocycles. The number of hydrogen-bond acceptors (Lipinski definition) is 6. The van der Waals surface area contributed by atoms with Crippen LogP contribution in [0.25, 0.3) is 16.6 Å². The van der Waals surface area contributed by atoms with Crippen molar-refractivity contribution in [2.75, 3.05) is 13.2 Å². The Kier molecular flexibility index (Phi) is 9.15. The fraction of sp³-hybridized carbons (Fsp3) is 0.333. The van der Waals surface area contributed by atoms with Gasteiger partial charge in [0.25, 0.3) is 0 Å². The SMILES string of the molecule is CCOC(=O)Cc1c(C(=O)OCC)c2cc(Oc3ccc(OC(C)C)cc3)ccc2n1-c1ccc(C(C)C)cc1. The zero-order chi connectivity index (χ0) is 28.8. The zero-order valence-corrected chi connectivity index (χ0v) is 24.0. The molecule has 7 nitrogen and oxygen atoms in total. The molecule has 0 aliphatic carbocycles. The van der Waals surface area contributed by atoms with Gasteiger partial charge in [-0.25, -0.2) is 4.79 Å². The molecular weight excluding hydrogens is 506 g/mol. The summed E-state index contributed by atoms with van der Waals surface area (Å²) in [5.74, 6) is 1.38. The Morgan fingerprint density at radius 3 is 2.00 bits per heavy atom. The van der Waals surface area contributed by atoms with E-state index in [1.807, 2.05) is 73.0 Å². The van der Waals surface area contributed by atoms with Crippen LogP contribution in [0.5, 0.6) is 17.2 Å². The second kappa shape index (κ2) is 12.7. The van der Waals surface area contributed by atoms with E-state index in [-0.39, 0.29) is 25.7 Å². The lowest BCUT2D eigenvalue weighted by Crippen LogP contribution is -2.15. The van der Waals surface area contributed by atoms with Crippen LogP contribution in [0.3, 0.4) is 0 Å². The predicted octanol–water partition coefficient (Wildman–Crippen LogP) is 7.62. The molecule has 0 radical (unpaired) electrons. The van der Waals surface area contributed by atoms with E-state index in [1.54, 1.807) is 13.8 Å². The van der Waals surface area contributed by atoms with Crippen molar-refractivity contribution in [1.82, 2.24) is 4.57 Å². The average Bonchev–Trinajstić information content (AvgIpc) is 3.22. The average molecular weight is 544 g/mol. The van der Waals surface area contributed by atoms with Gasteiger partial charge in [-0.05, 0) is 93.8 Å². The van der Waals surface area contributed by atoms with Gasteiger partial charge in [-0.2, -0.15) is 0 Å². The molecule has 4 aromatic rings. The van der Waals surface area contributed by atoms with Crippen molar-refractivity contribution in [2.45, 2.75) is 60.0 Å². The van der Waals surface area contributed by atoms with Crippen LogP contribution in [0.2, 0.25) is 0 Å². The van der Waals surface area contributed by atoms with E-state index in [1.165, 1.54) is 5.56 Å². The minimum Gasteiger partial charge on any atom is -0.491 e. The lowest BCUT2D eigenvalue weighted by molar-refractivity contribution is -0.142. The first-order valence-corrected chi connectivity index (χ1v) is 13.8. The molecule has 0 saturated carbocycles. The van der Waals surface area contributed by atoms with Gasteiger partial charge in [0.2, 0.25) is 0 Å². The Balaban J connectivity index is 1.85. The first kappa shape index (κ1) is 28.7. The molecule has 0 unspecified atom stereocenters. The molecule has 0 aliphatic heterocycles. The van der Waals surface area contributed by atoms with Crippen LogP contribution in [-0.2, 0) is 20.7 Å². The molecule has 0 atom stereocenters. The third kappa shape index (κ3) is 6.47. The van der Waals surface area contributed by atoms with Crippen LogP contribution in [0.4, 0.5) is 0 Å². The number of carbonyl (C=O) groups excluding carboxylic acids is 2. The van der Waals surface area contributed by atoms with E-state index in [9.17, 15) is 9.59 Å². The van der Waals surface area contributed by atoms with E-state index in [0.717, 1.165) is 17.0 Å². The van der Waals surface area contributed by atoms with Crippen molar-refractivity contribution in [3.05, 3.63) is 83.6 Å². The molecule has 1 heterocycles. The normalized spacial score (nSPS) is 11.2. The van der Waals surface area contributed by atoms with Gasteiger partial charge in [-0.15, -0.1) is 0 Å². The van der Waals surface area contributed by atoms with E-state index in [2.05, 4.69) is 26.0 Å². The zero-order valence-electron chi connectivity index (χ0n) is 24.0. The first-order chi connectivity index (χ1) is 19.2. The van der Waals surface area contributed by atoms with E-state index >= 15 is 0 Å². The summed E-state index contributed by atoms with van der Waals surface area (Å²) >= 11 is 0. The molecule has 0 aliphatic rings. The highest BCUT2D eigenvalue weighted by Gasteiger charge is 2.27. The van der Waals surface area contributed by atoms with Crippen LogP contribution in [-0.4, -0.2) is 35.8 Å². The van der Waals surface area contributed by atoms with Crippen molar-refractivity contribution < 1.29 is 28.5 Å². The Labute approximate surface area is 235 Å². The van der Waals surface area contributed by atoms with Gasteiger partial charge < -0.3 is 23.5 Å². The van der Waals surface area contributed by atoms with Crippen LogP contribution < -0.4 is 9.47 Å². The second-order valence-corrected chi connectivity index (χ2v) is 10.0. The molecule has 0 bridgehead atoms. The monoisotopic (exact) mass is 543 g/mol. The molecule has 7 heteroatoms. The molecule has 0 N–H and O–H groups in total. The molecule has 0 amide bonds. The predicted molar refractivity (Wildman–Crippen MR) is 156 cm³/mol. The molecule has 0 saturated heterocycles. The maximum absolute atomic E-state index is 13.4. The summed E-state index contributed by atoms with van der Waals surface area (Å²) in [6.45, 7) is 12.2. The van der Waals surface area contributed by atoms with Crippen molar-refractivity contribution in [3.8, 4) is 22.9 Å². The quantitative estimate of drug-likeness (QED) is 0.181. The number of aromatic nitrogens is 1. The van der Waals surface area contributed by atoms with Crippen LogP contribution in [0.15, 0.2) is 66.7 Å². The molecule has 0 spiro atoms.